The van der Waals surface area contributed by atoms with Crippen LogP contribution in [0.25, 0.3) is 0 Å². The second-order valence-corrected chi connectivity index (χ2v) is 5.12. The highest BCUT2D eigenvalue weighted by atomic mass is 19.2. The topological polar surface area (TPSA) is 49.7 Å². The summed E-state index contributed by atoms with van der Waals surface area (Å²) in [6, 6.07) is 2.33. The molecule has 0 bridgehead atoms. The molecule has 0 heterocycles. The Morgan fingerprint density at radius 1 is 0.952 bits per heavy atom. The molecule has 0 saturated heterocycles. The zero-order valence-electron chi connectivity index (χ0n) is 12.4. The molecule has 0 radical (unpaired) electrons. The zero-order valence-corrected chi connectivity index (χ0v) is 12.4. The van der Waals surface area contributed by atoms with Crippen molar-refractivity contribution < 1.29 is 23.6 Å². The van der Waals surface area contributed by atoms with E-state index in [1.807, 2.05) is 0 Å². The van der Waals surface area contributed by atoms with Crippen molar-refractivity contribution in [3.05, 3.63) is 23.8 Å². The molecule has 1 aromatic rings. The quantitative estimate of drug-likeness (QED) is 0.516. The first-order valence-corrected chi connectivity index (χ1v) is 7.54. The van der Waals surface area contributed by atoms with Crippen molar-refractivity contribution in [2.24, 2.45) is 0 Å². The number of ether oxygens (including phenoxy) is 1. The molecule has 0 fully saturated rings. The first-order valence-electron chi connectivity index (χ1n) is 7.54. The number of hydrogen-bond acceptors (Lipinski definition) is 3. The van der Waals surface area contributed by atoms with Crippen molar-refractivity contribution in [3.63, 3.8) is 0 Å². The summed E-state index contributed by atoms with van der Waals surface area (Å²) in [6.45, 7) is 2.49. The van der Waals surface area contributed by atoms with Gasteiger partial charge in [0.05, 0.1) is 6.61 Å². The van der Waals surface area contributed by atoms with Crippen LogP contribution in [0.2, 0.25) is 0 Å². The lowest BCUT2D eigenvalue weighted by atomic mass is 9.80. The fraction of sp³-hybridized carbons (Fsp3) is 0.600. The van der Waals surface area contributed by atoms with Crippen LogP contribution in [0.3, 0.4) is 0 Å². The summed E-state index contributed by atoms with van der Waals surface area (Å²) < 4.78 is 32.3. The van der Waals surface area contributed by atoms with E-state index in [1.165, 1.54) is 31.7 Å². The molecule has 1 aromatic carbocycles. The Hall–Kier alpha value is -1.14. The van der Waals surface area contributed by atoms with Gasteiger partial charge in [-0.2, -0.15) is 4.39 Å². The van der Waals surface area contributed by atoms with Gasteiger partial charge in [-0.25, -0.2) is 4.39 Å². The van der Waals surface area contributed by atoms with Crippen LogP contribution in [0.15, 0.2) is 12.1 Å². The third kappa shape index (κ3) is 6.02. The number of hydrogen-bond donors (Lipinski definition) is 2. The van der Waals surface area contributed by atoms with Crippen molar-refractivity contribution in [1.29, 1.82) is 0 Å². The lowest BCUT2D eigenvalue weighted by Gasteiger charge is -2.10. The largest absolute Gasteiger partial charge is 0.491 e. The minimum absolute atomic E-state index is 0.192. The van der Waals surface area contributed by atoms with Crippen LogP contribution in [0.1, 0.15) is 51.9 Å². The number of halogens is 2. The molecule has 2 N–H and O–H groups in total. The summed E-state index contributed by atoms with van der Waals surface area (Å²) in [4.78, 5) is 0. The van der Waals surface area contributed by atoms with Crippen LogP contribution in [-0.2, 0) is 0 Å². The second kappa shape index (κ2) is 9.74. The van der Waals surface area contributed by atoms with Gasteiger partial charge in [0.25, 0.3) is 0 Å². The summed E-state index contributed by atoms with van der Waals surface area (Å²) in [5.41, 5.74) is -0.490. The maximum absolute atomic E-state index is 13.6. The highest BCUT2D eigenvalue weighted by Crippen LogP contribution is 2.19. The Labute approximate surface area is 125 Å². The van der Waals surface area contributed by atoms with Gasteiger partial charge in [0, 0.05) is 5.46 Å². The molecule has 0 atom stereocenters. The van der Waals surface area contributed by atoms with E-state index in [2.05, 4.69) is 6.92 Å². The Morgan fingerprint density at radius 2 is 1.57 bits per heavy atom. The molecular weight excluding hydrogens is 277 g/mol. The molecule has 0 spiro atoms. The minimum atomic E-state index is -2.03. The molecule has 0 aliphatic carbocycles. The normalized spacial score (nSPS) is 10.7. The summed E-state index contributed by atoms with van der Waals surface area (Å²) in [5.74, 6) is -2.64. The summed E-state index contributed by atoms with van der Waals surface area (Å²) in [5, 5.41) is 17.7. The molecule has 118 valence electrons. The van der Waals surface area contributed by atoms with Gasteiger partial charge in [-0.1, -0.05) is 51.5 Å². The van der Waals surface area contributed by atoms with E-state index in [0.717, 1.165) is 25.3 Å². The van der Waals surface area contributed by atoms with E-state index < -0.39 is 24.2 Å². The summed E-state index contributed by atoms with van der Waals surface area (Å²) in [6.07, 6.45) is 7.81. The highest BCUT2D eigenvalue weighted by molar-refractivity contribution is 6.58. The minimum Gasteiger partial charge on any atom is -0.490 e. The summed E-state index contributed by atoms with van der Waals surface area (Å²) in [7, 11) is -2.03. The highest BCUT2D eigenvalue weighted by Gasteiger charge is 2.22. The van der Waals surface area contributed by atoms with E-state index in [0.29, 0.717) is 6.61 Å². The number of benzene rings is 1. The molecule has 6 heteroatoms. The molecule has 0 saturated carbocycles. The number of rotatable bonds is 10. The monoisotopic (exact) mass is 300 g/mol. The molecule has 21 heavy (non-hydrogen) atoms. The smallest absolute Gasteiger partial charge is 0.490 e. The maximum Gasteiger partial charge on any atom is 0.491 e. The average molecular weight is 300 g/mol. The Bertz CT molecular complexity index is 428. The van der Waals surface area contributed by atoms with Crippen LogP contribution in [0.4, 0.5) is 8.78 Å². The van der Waals surface area contributed by atoms with E-state index in [1.54, 1.807) is 0 Å². The molecule has 0 aliphatic heterocycles. The van der Waals surface area contributed by atoms with Crippen LogP contribution >= 0.6 is 0 Å². The first kappa shape index (κ1) is 17.9. The SMILES string of the molecule is CCCCCCCCCOc1ccc(B(O)O)c(F)c1F. The van der Waals surface area contributed by atoms with Gasteiger partial charge in [0.1, 0.15) is 0 Å². The van der Waals surface area contributed by atoms with Crippen molar-refractivity contribution in [3.8, 4) is 5.75 Å². The van der Waals surface area contributed by atoms with E-state index in [9.17, 15) is 8.78 Å². The molecule has 0 unspecified atom stereocenters. The molecule has 0 aromatic heterocycles. The lowest BCUT2D eigenvalue weighted by Crippen LogP contribution is -2.33. The third-order valence-corrected chi connectivity index (χ3v) is 3.36. The van der Waals surface area contributed by atoms with Gasteiger partial charge >= 0.3 is 7.12 Å². The molecule has 1 rings (SSSR count). The van der Waals surface area contributed by atoms with Crippen LogP contribution < -0.4 is 10.2 Å². The van der Waals surface area contributed by atoms with Gasteiger partial charge in [-0.05, 0) is 12.5 Å². The van der Waals surface area contributed by atoms with Crippen LogP contribution in [-0.4, -0.2) is 23.8 Å². The van der Waals surface area contributed by atoms with E-state index in [-0.39, 0.29) is 5.75 Å². The lowest BCUT2D eigenvalue weighted by molar-refractivity contribution is 0.285. The van der Waals surface area contributed by atoms with Crippen molar-refractivity contribution in [2.45, 2.75) is 51.9 Å². The van der Waals surface area contributed by atoms with E-state index >= 15 is 0 Å². The van der Waals surface area contributed by atoms with Crippen molar-refractivity contribution in [2.75, 3.05) is 6.61 Å². The zero-order chi connectivity index (χ0) is 15.7. The molecule has 0 aliphatic rings. The van der Waals surface area contributed by atoms with Gasteiger partial charge < -0.3 is 14.8 Å². The van der Waals surface area contributed by atoms with Crippen molar-refractivity contribution in [1.82, 2.24) is 0 Å². The fourth-order valence-electron chi connectivity index (χ4n) is 2.10. The average Bonchev–Trinajstić information content (AvgIpc) is 2.45. The number of unbranched alkanes of at least 4 members (excludes halogenated alkanes) is 6. The standard InChI is InChI=1S/C15H23BF2O3/c1-2-3-4-5-6-7-8-11-21-13-10-9-12(16(19)20)14(17)15(13)18/h9-10,19-20H,2-8,11H2,1H3. The Balaban J connectivity index is 2.31. The molecule has 3 nitrogen and oxygen atoms in total. The molecular formula is C15H23BF2O3. The van der Waals surface area contributed by atoms with Gasteiger partial charge in [0.15, 0.2) is 17.4 Å². The first-order chi connectivity index (χ1) is 10.1. The van der Waals surface area contributed by atoms with E-state index in [4.69, 9.17) is 14.8 Å². The van der Waals surface area contributed by atoms with Crippen LogP contribution in [0.5, 0.6) is 5.75 Å². The van der Waals surface area contributed by atoms with Gasteiger partial charge in [0.2, 0.25) is 0 Å². The maximum atomic E-state index is 13.6. The second-order valence-electron chi connectivity index (χ2n) is 5.12. The fourth-order valence-corrected chi connectivity index (χ4v) is 2.10. The Morgan fingerprint density at radius 3 is 2.19 bits per heavy atom. The van der Waals surface area contributed by atoms with Gasteiger partial charge in [-0.15, -0.1) is 0 Å². The summed E-state index contributed by atoms with van der Waals surface area (Å²) >= 11 is 0. The predicted molar refractivity (Wildman–Crippen MR) is 79.7 cm³/mol. The van der Waals surface area contributed by atoms with Gasteiger partial charge in [-0.3, -0.25) is 0 Å². The predicted octanol–water partition coefficient (Wildman–Crippen LogP) is 2.77. The molecule has 0 amide bonds. The third-order valence-electron chi connectivity index (χ3n) is 3.36. The van der Waals surface area contributed by atoms with Crippen molar-refractivity contribution >= 4 is 12.6 Å². The van der Waals surface area contributed by atoms with Crippen LogP contribution in [0, 0.1) is 11.6 Å². The Kier molecular flexibility index (Phi) is 8.31.